The summed E-state index contributed by atoms with van der Waals surface area (Å²) in [5.41, 5.74) is -0.125. The van der Waals surface area contributed by atoms with Crippen LogP contribution in [0.25, 0.3) is 0 Å². The molecule has 0 aromatic carbocycles. The third-order valence-electron chi connectivity index (χ3n) is 1.37. The second kappa shape index (κ2) is 3.71. The van der Waals surface area contributed by atoms with Crippen molar-refractivity contribution in [1.82, 2.24) is 4.98 Å². The van der Waals surface area contributed by atoms with Crippen LogP contribution >= 0.6 is 0 Å². The van der Waals surface area contributed by atoms with Gasteiger partial charge in [-0.2, -0.15) is 0 Å². The molecule has 1 heterocycles. The normalized spacial score (nSPS) is 9.42. The lowest BCUT2D eigenvalue weighted by atomic mass is 10.4. The molecule has 1 aromatic heterocycles. The minimum Gasteiger partial charge on any atom is -0.348 e. The first-order chi connectivity index (χ1) is 5.72. The minimum absolute atomic E-state index is 0.114. The Morgan fingerprint density at radius 1 is 1.67 bits per heavy atom. The molecule has 1 rings (SSSR count). The maximum atomic E-state index is 10.9. The zero-order valence-corrected chi connectivity index (χ0v) is 6.76. The Kier molecular flexibility index (Phi) is 2.63. The van der Waals surface area contributed by atoms with Gasteiger partial charge in [0.1, 0.15) is 5.82 Å². The van der Waals surface area contributed by atoms with E-state index in [1.54, 1.807) is 6.92 Å². The van der Waals surface area contributed by atoms with E-state index in [0.29, 0.717) is 12.2 Å². The number of hydrogen-bond acceptors (Lipinski definition) is 2. The number of carbonyl (C=O) groups excluding carboxylic acids is 1. The molecular formula is C8H10N2O2. The SMILES string of the molecule is CCC(=O)Nc1cc(=O)cc[nH]1. The highest BCUT2D eigenvalue weighted by atomic mass is 16.1. The van der Waals surface area contributed by atoms with Gasteiger partial charge in [0.2, 0.25) is 5.91 Å². The van der Waals surface area contributed by atoms with Gasteiger partial charge in [-0.05, 0) is 0 Å². The van der Waals surface area contributed by atoms with Crippen LogP contribution in [-0.2, 0) is 4.79 Å². The highest BCUT2D eigenvalue weighted by Gasteiger charge is 1.97. The van der Waals surface area contributed by atoms with Crippen molar-refractivity contribution in [1.29, 1.82) is 0 Å². The Hall–Kier alpha value is -1.58. The van der Waals surface area contributed by atoms with Gasteiger partial charge < -0.3 is 10.3 Å². The van der Waals surface area contributed by atoms with Crippen molar-refractivity contribution in [3.8, 4) is 0 Å². The van der Waals surface area contributed by atoms with Gasteiger partial charge in [0.15, 0.2) is 5.43 Å². The van der Waals surface area contributed by atoms with E-state index in [0.717, 1.165) is 0 Å². The summed E-state index contributed by atoms with van der Waals surface area (Å²) in [7, 11) is 0. The van der Waals surface area contributed by atoms with E-state index in [4.69, 9.17) is 0 Å². The molecule has 0 unspecified atom stereocenters. The predicted octanol–water partition coefficient (Wildman–Crippen LogP) is 0.723. The molecule has 0 bridgehead atoms. The molecule has 0 atom stereocenters. The summed E-state index contributed by atoms with van der Waals surface area (Å²) < 4.78 is 0. The average Bonchev–Trinajstić information content (AvgIpc) is 2.04. The number of amides is 1. The lowest BCUT2D eigenvalue weighted by Gasteiger charge is -2.00. The first-order valence-electron chi connectivity index (χ1n) is 3.71. The lowest BCUT2D eigenvalue weighted by molar-refractivity contribution is -0.115. The minimum atomic E-state index is -0.125. The van der Waals surface area contributed by atoms with E-state index in [2.05, 4.69) is 10.3 Å². The molecule has 0 saturated carbocycles. The molecule has 0 spiro atoms. The Labute approximate surface area is 69.6 Å². The van der Waals surface area contributed by atoms with Crippen molar-refractivity contribution in [2.75, 3.05) is 5.32 Å². The Morgan fingerprint density at radius 3 is 3.00 bits per heavy atom. The summed E-state index contributed by atoms with van der Waals surface area (Å²) in [5.74, 6) is 0.325. The fourth-order valence-corrected chi connectivity index (χ4v) is 0.756. The van der Waals surface area contributed by atoms with E-state index in [9.17, 15) is 9.59 Å². The summed E-state index contributed by atoms with van der Waals surface area (Å²) >= 11 is 0. The molecule has 0 radical (unpaired) electrons. The van der Waals surface area contributed by atoms with Gasteiger partial charge in [-0.15, -0.1) is 0 Å². The topological polar surface area (TPSA) is 62.0 Å². The molecule has 0 fully saturated rings. The second-order valence-electron chi connectivity index (χ2n) is 2.34. The standard InChI is InChI=1S/C8H10N2O2/c1-2-8(12)10-7-5-6(11)3-4-9-7/h3-5H,2H2,1H3,(H2,9,10,11,12). The smallest absolute Gasteiger partial charge is 0.225 e. The van der Waals surface area contributed by atoms with Gasteiger partial charge in [0.25, 0.3) is 0 Å². The summed E-state index contributed by atoms with van der Waals surface area (Å²) in [4.78, 5) is 24.4. The molecule has 0 aliphatic heterocycles. The number of aromatic amines is 1. The molecule has 4 heteroatoms. The number of aromatic nitrogens is 1. The van der Waals surface area contributed by atoms with E-state index in [1.807, 2.05) is 0 Å². The molecule has 1 amide bonds. The van der Waals surface area contributed by atoms with Gasteiger partial charge in [-0.25, -0.2) is 0 Å². The molecular weight excluding hydrogens is 156 g/mol. The van der Waals surface area contributed by atoms with Crippen molar-refractivity contribution in [2.24, 2.45) is 0 Å². The van der Waals surface area contributed by atoms with Gasteiger partial charge >= 0.3 is 0 Å². The van der Waals surface area contributed by atoms with Crippen LogP contribution in [0.5, 0.6) is 0 Å². The molecule has 0 saturated heterocycles. The molecule has 64 valence electrons. The van der Waals surface area contributed by atoms with Crippen molar-refractivity contribution >= 4 is 11.7 Å². The molecule has 0 aliphatic rings. The van der Waals surface area contributed by atoms with Crippen LogP contribution in [-0.4, -0.2) is 10.9 Å². The van der Waals surface area contributed by atoms with E-state index >= 15 is 0 Å². The van der Waals surface area contributed by atoms with Crippen molar-refractivity contribution in [2.45, 2.75) is 13.3 Å². The largest absolute Gasteiger partial charge is 0.348 e. The lowest BCUT2D eigenvalue weighted by Crippen LogP contribution is -2.12. The van der Waals surface area contributed by atoms with Crippen molar-refractivity contribution in [3.63, 3.8) is 0 Å². The number of carbonyl (C=O) groups is 1. The third kappa shape index (κ3) is 2.23. The maximum absolute atomic E-state index is 10.9. The first-order valence-corrected chi connectivity index (χ1v) is 3.71. The van der Waals surface area contributed by atoms with E-state index < -0.39 is 0 Å². The van der Waals surface area contributed by atoms with Crippen LogP contribution in [0, 0.1) is 0 Å². The van der Waals surface area contributed by atoms with Crippen LogP contribution < -0.4 is 10.7 Å². The molecule has 12 heavy (non-hydrogen) atoms. The van der Waals surface area contributed by atoms with Crippen LogP contribution in [0.2, 0.25) is 0 Å². The highest BCUT2D eigenvalue weighted by Crippen LogP contribution is 1.96. The van der Waals surface area contributed by atoms with Crippen LogP contribution in [0.3, 0.4) is 0 Å². The number of anilines is 1. The zero-order valence-electron chi connectivity index (χ0n) is 6.76. The second-order valence-corrected chi connectivity index (χ2v) is 2.34. The predicted molar refractivity (Wildman–Crippen MR) is 46.0 cm³/mol. The summed E-state index contributed by atoms with van der Waals surface area (Å²) in [6.45, 7) is 1.75. The average molecular weight is 166 g/mol. The molecule has 2 N–H and O–H groups in total. The first kappa shape index (κ1) is 8.52. The Balaban J connectivity index is 2.76. The summed E-state index contributed by atoms with van der Waals surface area (Å²) in [5, 5.41) is 2.54. The molecule has 0 aliphatic carbocycles. The maximum Gasteiger partial charge on any atom is 0.225 e. The molecule has 4 nitrogen and oxygen atoms in total. The van der Waals surface area contributed by atoms with E-state index in [-0.39, 0.29) is 11.3 Å². The van der Waals surface area contributed by atoms with Crippen LogP contribution in [0.15, 0.2) is 23.1 Å². The van der Waals surface area contributed by atoms with Crippen LogP contribution in [0.4, 0.5) is 5.82 Å². The van der Waals surface area contributed by atoms with Gasteiger partial charge in [-0.3, -0.25) is 9.59 Å². The number of pyridine rings is 1. The van der Waals surface area contributed by atoms with Gasteiger partial charge in [0.05, 0.1) is 0 Å². The number of nitrogens with one attached hydrogen (secondary N) is 2. The highest BCUT2D eigenvalue weighted by molar-refractivity contribution is 5.89. The van der Waals surface area contributed by atoms with E-state index in [1.165, 1.54) is 18.3 Å². The fraction of sp³-hybridized carbons (Fsp3) is 0.250. The fourth-order valence-electron chi connectivity index (χ4n) is 0.756. The van der Waals surface area contributed by atoms with Crippen LogP contribution in [0.1, 0.15) is 13.3 Å². The molecule has 1 aromatic rings. The quantitative estimate of drug-likeness (QED) is 0.680. The monoisotopic (exact) mass is 166 g/mol. The van der Waals surface area contributed by atoms with Gasteiger partial charge in [0, 0.05) is 24.8 Å². The van der Waals surface area contributed by atoms with Crippen molar-refractivity contribution < 1.29 is 4.79 Å². The van der Waals surface area contributed by atoms with Gasteiger partial charge in [-0.1, -0.05) is 6.92 Å². The Morgan fingerprint density at radius 2 is 2.42 bits per heavy atom. The number of H-pyrrole nitrogens is 1. The number of rotatable bonds is 2. The number of hydrogen-bond donors (Lipinski definition) is 2. The Bertz CT molecular complexity index is 330. The third-order valence-corrected chi connectivity index (χ3v) is 1.37. The zero-order chi connectivity index (χ0) is 8.97. The summed E-state index contributed by atoms with van der Waals surface area (Å²) in [6.07, 6.45) is 1.89. The van der Waals surface area contributed by atoms with Crippen molar-refractivity contribution in [3.05, 3.63) is 28.6 Å². The summed E-state index contributed by atoms with van der Waals surface area (Å²) in [6, 6.07) is 2.73.